The standard InChI is InChI=1S/C45H32/c1-45(2)41-27-25-33(28-40(41)39-26-24-31-14-6-7-15-34(31)44(39)45)43-37-18-10-8-16-35(37)42(36-17-9-11-19-38(36)43)32-22-20-30(21-23-32)29-12-4-3-5-13-29/h3-28H,1-2H3. The highest BCUT2D eigenvalue weighted by molar-refractivity contribution is 6.21. The second kappa shape index (κ2) is 9.78. The van der Waals surface area contributed by atoms with E-state index in [2.05, 4.69) is 172 Å². The molecule has 45 heavy (non-hydrogen) atoms. The van der Waals surface area contributed by atoms with Crippen molar-refractivity contribution in [3.63, 3.8) is 0 Å². The number of rotatable bonds is 3. The third-order valence-corrected chi connectivity index (χ3v) is 10.0. The summed E-state index contributed by atoms with van der Waals surface area (Å²) in [7, 11) is 0. The molecule has 1 aliphatic rings. The summed E-state index contributed by atoms with van der Waals surface area (Å²) in [5.41, 5.74) is 13.1. The van der Waals surface area contributed by atoms with Crippen LogP contribution in [0.5, 0.6) is 0 Å². The highest BCUT2D eigenvalue weighted by Crippen LogP contribution is 2.53. The lowest BCUT2D eigenvalue weighted by Gasteiger charge is -2.23. The van der Waals surface area contributed by atoms with Crippen LogP contribution < -0.4 is 0 Å². The van der Waals surface area contributed by atoms with Crippen LogP contribution in [0, 0.1) is 0 Å². The maximum absolute atomic E-state index is 2.46. The lowest BCUT2D eigenvalue weighted by Crippen LogP contribution is -2.15. The molecular formula is C45H32. The Morgan fingerprint density at radius 3 is 1.49 bits per heavy atom. The SMILES string of the molecule is CC1(C)c2ccc(-c3c4ccccc4c(-c4ccc(-c5ccccc5)cc4)c4ccccc34)cc2-c2ccc3ccccc3c21. The van der Waals surface area contributed by atoms with Gasteiger partial charge in [0, 0.05) is 5.41 Å². The van der Waals surface area contributed by atoms with Crippen LogP contribution in [-0.2, 0) is 5.41 Å². The molecule has 0 fully saturated rings. The summed E-state index contributed by atoms with van der Waals surface area (Å²) in [6.07, 6.45) is 0. The first-order chi connectivity index (χ1) is 22.1. The zero-order chi connectivity index (χ0) is 30.1. The van der Waals surface area contributed by atoms with Crippen LogP contribution in [0.3, 0.4) is 0 Å². The summed E-state index contributed by atoms with van der Waals surface area (Å²) in [5.74, 6) is 0. The Morgan fingerprint density at radius 2 is 0.844 bits per heavy atom. The van der Waals surface area contributed by atoms with Crippen LogP contribution in [0.2, 0.25) is 0 Å². The van der Waals surface area contributed by atoms with Crippen molar-refractivity contribution < 1.29 is 0 Å². The van der Waals surface area contributed by atoms with E-state index in [9.17, 15) is 0 Å². The second-order valence-electron chi connectivity index (χ2n) is 12.9. The molecule has 0 spiro atoms. The number of hydrogen-bond donors (Lipinski definition) is 0. The Labute approximate surface area is 264 Å². The first kappa shape index (κ1) is 26.0. The van der Waals surface area contributed by atoms with Crippen molar-refractivity contribution in [2.24, 2.45) is 0 Å². The van der Waals surface area contributed by atoms with Crippen molar-refractivity contribution in [3.05, 3.63) is 169 Å². The molecule has 0 aromatic heterocycles. The smallest absolute Gasteiger partial charge is 0.0165 e. The van der Waals surface area contributed by atoms with E-state index in [0.29, 0.717) is 0 Å². The monoisotopic (exact) mass is 572 g/mol. The molecule has 0 saturated carbocycles. The van der Waals surface area contributed by atoms with Gasteiger partial charge in [0.05, 0.1) is 0 Å². The molecule has 8 aromatic carbocycles. The normalized spacial score (nSPS) is 13.3. The summed E-state index contributed by atoms with van der Waals surface area (Å²) in [6.45, 7) is 4.76. The van der Waals surface area contributed by atoms with Gasteiger partial charge in [0.2, 0.25) is 0 Å². The molecule has 0 bridgehead atoms. The van der Waals surface area contributed by atoms with Crippen LogP contribution in [-0.4, -0.2) is 0 Å². The second-order valence-corrected chi connectivity index (χ2v) is 12.9. The molecule has 0 heteroatoms. The Hall–Kier alpha value is -5.46. The Bertz CT molecular complexity index is 2370. The minimum atomic E-state index is -0.0655. The van der Waals surface area contributed by atoms with E-state index in [1.807, 2.05) is 0 Å². The summed E-state index contributed by atoms with van der Waals surface area (Å²) in [5, 5.41) is 7.80. The van der Waals surface area contributed by atoms with Crippen molar-refractivity contribution in [2.45, 2.75) is 19.3 Å². The van der Waals surface area contributed by atoms with Crippen LogP contribution in [0.1, 0.15) is 25.0 Å². The van der Waals surface area contributed by atoms with Gasteiger partial charge in [-0.2, -0.15) is 0 Å². The maximum atomic E-state index is 2.46. The van der Waals surface area contributed by atoms with Crippen molar-refractivity contribution >= 4 is 32.3 Å². The molecule has 0 atom stereocenters. The molecule has 0 nitrogen and oxygen atoms in total. The van der Waals surface area contributed by atoms with Crippen LogP contribution in [0.25, 0.3) is 76.8 Å². The molecule has 0 radical (unpaired) electrons. The number of hydrogen-bond acceptors (Lipinski definition) is 0. The summed E-state index contributed by atoms with van der Waals surface area (Å²) in [4.78, 5) is 0. The molecule has 0 unspecified atom stereocenters. The molecule has 0 heterocycles. The lowest BCUT2D eigenvalue weighted by molar-refractivity contribution is 0.666. The highest BCUT2D eigenvalue weighted by Gasteiger charge is 2.37. The largest absolute Gasteiger partial charge is 0.0622 e. The zero-order valence-corrected chi connectivity index (χ0v) is 25.5. The van der Waals surface area contributed by atoms with Gasteiger partial charge >= 0.3 is 0 Å². The molecule has 1 aliphatic carbocycles. The third kappa shape index (κ3) is 3.85. The molecule has 0 N–H and O–H groups in total. The van der Waals surface area contributed by atoms with E-state index in [4.69, 9.17) is 0 Å². The van der Waals surface area contributed by atoms with E-state index in [1.54, 1.807) is 0 Å². The van der Waals surface area contributed by atoms with Crippen molar-refractivity contribution in [2.75, 3.05) is 0 Å². The van der Waals surface area contributed by atoms with Gasteiger partial charge in [0.1, 0.15) is 0 Å². The van der Waals surface area contributed by atoms with Crippen LogP contribution >= 0.6 is 0 Å². The number of benzene rings is 8. The van der Waals surface area contributed by atoms with E-state index in [1.165, 1.54) is 88.0 Å². The van der Waals surface area contributed by atoms with Crippen molar-refractivity contribution in [1.82, 2.24) is 0 Å². The minimum absolute atomic E-state index is 0.0655. The van der Waals surface area contributed by atoms with Gasteiger partial charge in [-0.3, -0.25) is 0 Å². The topological polar surface area (TPSA) is 0 Å². The Morgan fingerprint density at radius 1 is 0.356 bits per heavy atom. The van der Waals surface area contributed by atoms with E-state index in [0.717, 1.165) is 0 Å². The first-order valence-corrected chi connectivity index (χ1v) is 15.9. The molecule has 212 valence electrons. The molecular weight excluding hydrogens is 540 g/mol. The highest BCUT2D eigenvalue weighted by atomic mass is 14.4. The van der Waals surface area contributed by atoms with E-state index < -0.39 is 0 Å². The summed E-state index contributed by atoms with van der Waals surface area (Å²) >= 11 is 0. The quantitative estimate of drug-likeness (QED) is 0.185. The van der Waals surface area contributed by atoms with Gasteiger partial charge < -0.3 is 0 Å². The van der Waals surface area contributed by atoms with Gasteiger partial charge in [0.25, 0.3) is 0 Å². The average molecular weight is 573 g/mol. The van der Waals surface area contributed by atoms with E-state index >= 15 is 0 Å². The fourth-order valence-corrected chi connectivity index (χ4v) is 7.98. The molecule has 0 aliphatic heterocycles. The average Bonchev–Trinajstić information content (AvgIpc) is 3.33. The molecule has 9 rings (SSSR count). The Kier molecular flexibility index (Phi) is 5.64. The van der Waals surface area contributed by atoms with Crippen molar-refractivity contribution in [1.29, 1.82) is 0 Å². The minimum Gasteiger partial charge on any atom is -0.0622 e. The van der Waals surface area contributed by atoms with Gasteiger partial charge in [-0.1, -0.05) is 166 Å². The molecule has 8 aromatic rings. The number of fused-ring (bicyclic) bond motifs is 7. The zero-order valence-electron chi connectivity index (χ0n) is 25.5. The van der Waals surface area contributed by atoms with E-state index in [-0.39, 0.29) is 5.41 Å². The third-order valence-electron chi connectivity index (χ3n) is 10.0. The predicted octanol–water partition coefficient (Wildman–Crippen LogP) is 12.5. The van der Waals surface area contributed by atoms with Gasteiger partial charge in [-0.15, -0.1) is 0 Å². The van der Waals surface area contributed by atoms with Gasteiger partial charge in [-0.05, 0) is 94.0 Å². The molecule has 0 amide bonds. The van der Waals surface area contributed by atoms with Gasteiger partial charge in [-0.25, -0.2) is 0 Å². The first-order valence-electron chi connectivity index (χ1n) is 15.9. The predicted molar refractivity (Wildman–Crippen MR) is 193 cm³/mol. The van der Waals surface area contributed by atoms with Crippen molar-refractivity contribution in [3.8, 4) is 44.5 Å². The summed E-state index contributed by atoms with van der Waals surface area (Å²) < 4.78 is 0. The van der Waals surface area contributed by atoms with Crippen LogP contribution in [0.4, 0.5) is 0 Å². The lowest BCUT2D eigenvalue weighted by atomic mass is 9.80. The molecule has 0 saturated heterocycles. The fourth-order valence-electron chi connectivity index (χ4n) is 7.98. The summed E-state index contributed by atoms with van der Waals surface area (Å²) in [6, 6.07) is 58.3. The maximum Gasteiger partial charge on any atom is 0.0165 e. The van der Waals surface area contributed by atoms with Gasteiger partial charge in [0.15, 0.2) is 0 Å². The Balaban J connectivity index is 1.28. The fraction of sp³-hybridized carbons (Fsp3) is 0.0667. The van der Waals surface area contributed by atoms with Crippen LogP contribution in [0.15, 0.2) is 158 Å².